The third kappa shape index (κ3) is 5.10. The number of nitrogens with one attached hydrogen (secondary N) is 1. The van der Waals surface area contributed by atoms with E-state index in [0.29, 0.717) is 0 Å². The van der Waals surface area contributed by atoms with Crippen molar-refractivity contribution in [3.63, 3.8) is 0 Å². The number of nitrogens with two attached hydrogens (primary N) is 1. The number of carbonyl (C=O) groups is 1. The van der Waals surface area contributed by atoms with Gasteiger partial charge in [0.1, 0.15) is 0 Å². The van der Waals surface area contributed by atoms with Crippen LogP contribution in [0.1, 0.15) is 20.3 Å². The first-order chi connectivity index (χ1) is 4.16. The molecule has 54 valence electrons. The lowest BCUT2D eigenvalue weighted by Gasteiger charge is -2.07. The van der Waals surface area contributed by atoms with Gasteiger partial charge in [-0.1, -0.05) is 6.92 Å². The lowest BCUT2D eigenvalue weighted by atomic mass is 10.3. The van der Waals surface area contributed by atoms with Gasteiger partial charge in [0.15, 0.2) is 0 Å². The molecule has 9 heavy (non-hydrogen) atoms. The summed E-state index contributed by atoms with van der Waals surface area (Å²) in [6.45, 7) is 3.79. The van der Waals surface area contributed by atoms with Gasteiger partial charge in [-0.05, 0) is 13.3 Å². The van der Waals surface area contributed by atoms with Crippen LogP contribution in [0.2, 0.25) is 0 Å². The quantitative estimate of drug-likeness (QED) is 0.545. The minimum atomic E-state index is -0.657. The Labute approximate surface area is 54.3 Å². The lowest BCUT2D eigenvalue weighted by molar-refractivity contribution is 0.00664. The third-order valence-corrected chi connectivity index (χ3v) is 0.936. The number of hydrogen-bond donors (Lipinski definition) is 2. The minimum Gasteiger partial charge on any atom is -0.350 e. The first-order valence-corrected chi connectivity index (χ1v) is 2.88. The minimum absolute atomic E-state index is 0.0255. The molecule has 1 atom stereocenters. The summed E-state index contributed by atoms with van der Waals surface area (Å²) in [6, 6.07) is -0.657. The summed E-state index contributed by atoms with van der Waals surface area (Å²) >= 11 is 0. The Kier molecular flexibility index (Phi) is 3.79. The third-order valence-electron chi connectivity index (χ3n) is 0.936. The molecule has 0 bridgehead atoms. The van der Waals surface area contributed by atoms with Gasteiger partial charge in [-0.15, -0.1) is 0 Å². The molecule has 0 saturated heterocycles. The van der Waals surface area contributed by atoms with Gasteiger partial charge in [-0.3, -0.25) is 4.84 Å². The fraction of sp³-hybridized carbons (Fsp3) is 0.800. The molecule has 0 aromatic carbocycles. The molecule has 0 aromatic rings. The number of carbonyl (C=O) groups excluding carboxylic acids is 1. The molecule has 0 aliphatic rings. The molecule has 2 amide bonds. The van der Waals surface area contributed by atoms with E-state index in [1.807, 2.05) is 19.3 Å². The van der Waals surface area contributed by atoms with E-state index in [9.17, 15) is 4.79 Å². The SMILES string of the molecule is CCC(C)ONC(N)=O. The Balaban J connectivity index is 3.16. The van der Waals surface area contributed by atoms with Crippen LogP contribution >= 0.6 is 0 Å². The van der Waals surface area contributed by atoms with Crippen LogP contribution in [0.25, 0.3) is 0 Å². The molecule has 3 N–H and O–H groups in total. The topological polar surface area (TPSA) is 64.3 Å². The van der Waals surface area contributed by atoms with E-state index in [-0.39, 0.29) is 6.10 Å². The molecule has 0 saturated carbocycles. The van der Waals surface area contributed by atoms with Crippen molar-refractivity contribution >= 4 is 6.03 Å². The van der Waals surface area contributed by atoms with Crippen LogP contribution < -0.4 is 11.2 Å². The summed E-state index contributed by atoms with van der Waals surface area (Å²) in [5.74, 6) is 0. The number of primary amides is 1. The van der Waals surface area contributed by atoms with Gasteiger partial charge in [-0.25, -0.2) is 10.3 Å². The standard InChI is InChI=1S/C5H12N2O2/c1-3-4(2)9-7-5(6)8/h4H,3H2,1-2H3,(H3,6,7,8). The lowest BCUT2D eigenvalue weighted by Crippen LogP contribution is -2.32. The van der Waals surface area contributed by atoms with Gasteiger partial charge in [0.05, 0.1) is 6.10 Å². The molecule has 4 heteroatoms. The molecule has 0 aliphatic heterocycles. The van der Waals surface area contributed by atoms with E-state index in [0.717, 1.165) is 6.42 Å². The van der Waals surface area contributed by atoms with E-state index in [1.54, 1.807) is 0 Å². The normalized spacial score (nSPS) is 12.7. The predicted molar refractivity (Wildman–Crippen MR) is 33.6 cm³/mol. The van der Waals surface area contributed by atoms with Crippen LogP contribution in [0.4, 0.5) is 4.79 Å². The molecule has 0 fully saturated rings. The Morgan fingerprint density at radius 2 is 2.44 bits per heavy atom. The summed E-state index contributed by atoms with van der Waals surface area (Å²) in [5, 5.41) is 0. The highest BCUT2D eigenvalue weighted by Gasteiger charge is 1.97. The summed E-state index contributed by atoms with van der Waals surface area (Å²) in [4.78, 5) is 14.7. The molecular formula is C5H12N2O2. The number of urea groups is 1. The summed E-state index contributed by atoms with van der Waals surface area (Å²) in [6.07, 6.45) is 0.873. The molecule has 0 heterocycles. The Morgan fingerprint density at radius 1 is 1.89 bits per heavy atom. The van der Waals surface area contributed by atoms with E-state index in [2.05, 4.69) is 0 Å². The van der Waals surface area contributed by atoms with Crippen LogP contribution in [0.3, 0.4) is 0 Å². The largest absolute Gasteiger partial charge is 0.350 e. The fourth-order valence-electron chi connectivity index (χ4n) is 0.242. The predicted octanol–water partition coefficient (Wildman–Crippen LogP) is 0.385. The smallest absolute Gasteiger partial charge is 0.336 e. The average Bonchev–Trinajstić information content (AvgIpc) is 1.83. The van der Waals surface area contributed by atoms with Crippen molar-refractivity contribution in [2.75, 3.05) is 0 Å². The Morgan fingerprint density at radius 3 is 2.78 bits per heavy atom. The molecule has 0 radical (unpaired) electrons. The number of amides is 2. The van der Waals surface area contributed by atoms with E-state index >= 15 is 0 Å². The first kappa shape index (κ1) is 8.23. The molecule has 1 unspecified atom stereocenters. The van der Waals surface area contributed by atoms with Crippen LogP contribution in [0.5, 0.6) is 0 Å². The molecular weight excluding hydrogens is 120 g/mol. The van der Waals surface area contributed by atoms with E-state index in [1.165, 1.54) is 0 Å². The maximum absolute atomic E-state index is 10.0. The van der Waals surface area contributed by atoms with Crippen molar-refractivity contribution in [3.8, 4) is 0 Å². The second kappa shape index (κ2) is 4.14. The number of hydrogen-bond acceptors (Lipinski definition) is 2. The molecule has 0 aromatic heterocycles. The van der Waals surface area contributed by atoms with Crippen molar-refractivity contribution in [1.82, 2.24) is 5.48 Å². The maximum Gasteiger partial charge on any atom is 0.336 e. The van der Waals surface area contributed by atoms with Crippen molar-refractivity contribution in [1.29, 1.82) is 0 Å². The zero-order valence-electron chi connectivity index (χ0n) is 5.68. The molecule has 0 rings (SSSR count). The van der Waals surface area contributed by atoms with Gasteiger partial charge in [-0.2, -0.15) is 0 Å². The molecule has 0 aliphatic carbocycles. The van der Waals surface area contributed by atoms with Crippen LogP contribution in [-0.2, 0) is 4.84 Å². The second-order valence-electron chi connectivity index (χ2n) is 1.80. The van der Waals surface area contributed by atoms with Crippen LogP contribution in [0, 0.1) is 0 Å². The highest BCUT2D eigenvalue weighted by atomic mass is 16.7. The molecule has 4 nitrogen and oxygen atoms in total. The monoisotopic (exact) mass is 132 g/mol. The molecule has 0 spiro atoms. The zero-order chi connectivity index (χ0) is 7.28. The summed E-state index contributed by atoms with van der Waals surface area (Å²) in [7, 11) is 0. The van der Waals surface area contributed by atoms with Crippen molar-refractivity contribution in [3.05, 3.63) is 0 Å². The number of rotatable bonds is 3. The summed E-state index contributed by atoms with van der Waals surface area (Å²) in [5.41, 5.74) is 6.76. The van der Waals surface area contributed by atoms with Crippen LogP contribution in [0.15, 0.2) is 0 Å². The van der Waals surface area contributed by atoms with Gasteiger partial charge in [0, 0.05) is 0 Å². The van der Waals surface area contributed by atoms with Gasteiger partial charge < -0.3 is 5.73 Å². The number of hydroxylamine groups is 1. The Bertz CT molecular complexity index is 95.0. The van der Waals surface area contributed by atoms with Gasteiger partial charge in [0.25, 0.3) is 0 Å². The Hall–Kier alpha value is -0.770. The maximum atomic E-state index is 10.0. The van der Waals surface area contributed by atoms with Crippen molar-refractivity contribution in [2.24, 2.45) is 5.73 Å². The van der Waals surface area contributed by atoms with Gasteiger partial charge in [0.2, 0.25) is 0 Å². The average molecular weight is 132 g/mol. The van der Waals surface area contributed by atoms with Crippen molar-refractivity contribution < 1.29 is 9.63 Å². The zero-order valence-corrected chi connectivity index (χ0v) is 5.68. The second-order valence-corrected chi connectivity index (χ2v) is 1.80. The van der Waals surface area contributed by atoms with E-state index < -0.39 is 6.03 Å². The first-order valence-electron chi connectivity index (χ1n) is 2.88. The van der Waals surface area contributed by atoms with Gasteiger partial charge >= 0.3 is 6.03 Å². The summed E-state index contributed by atoms with van der Waals surface area (Å²) < 4.78 is 0. The van der Waals surface area contributed by atoms with E-state index in [4.69, 9.17) is 10.6 Å². The highest BCUT2D eigenvalue weighted by molar-refractivity contribution is 5.70. The van der Waals surface area contributed by atoms with Crippen LogP contribution in [-0.4, -0.2) is 12.1 Å². The highest BCUT2D eigenvalue weighted by Crippen LogP contribution is 1.90. The fourth-order valence-corrected chi connectivity index (χ4v) is 0.242. The van der Waals surface area contributed by atoms with Crippen molar-refractivity contribution in [2.45, 2.75) is 26.4 Å².